The predicted octanol–water partition coefficient (Wildman–Crippen LogP) is 5.83. The molecule has 3 aliphatic rings. The van der Waals surface area contributed by atoms with Crippen molar-refractivity contribution in [1.82, 2.24) is 5.32 Å². The minimum absolute atomic E-state index is 0.447. The van der Waals surface area contributed by atoms with Crippen molar-refractivity contribution in [3.8, 4) is 0 Å². The molecule has 3 fully saturated rings. The summed E-state index contributed by atoms with van der Waals surface area (Å²) in [6, 6.07) is 0. The molecule has 0 aromatic carbocycles. The molecule has 0 heterocycles. The van der Waals surface area contributed by atoms with Gasteiger partial charge in [-0.3, -0.25) is 0 Å². The monoisotopic (exact) mass is 291 g/mol. The zero-order valence-corrected chi connectivity index (χ0v) is 14.6. The quantitative estimate of drug-likeness (QED) is 0.641. The first-order valence-corrected chi connectivity index (χ1v) is 9.87. The third-order valence-corrected chi connectivity index (χ3v) is 7.92. The van der Waals surface area contributed by atoms with E-state index in [0.29, 0.717) is 16.4 Å². The lowest BCUT2D eigenvalue weighted by Crippen LogP contribution is -2.65. The molecular formula is C20H37N. The number of hydrogen-bond donors (Lipinski definition) is 1. The minimum atomic E-state index is 0.447. The number of rotatable bonds is 1. The van der Waals surface area contributed by atoms with E-state index in [9.17, 15) is 0 Å². The van der Waals surface area contributed by atoms with E-state index in [1.165, 1.54) is 96.3 Å². The third-order valence-electron chi connectivity index (χ3n) is 7.92. The van der Waals surface area contributed by atoms with Crippen LogP contribution in [0.25, 0.3) is 0 Å². The zero-order valence-electron chi connectivity index (χ0n) is 14.6. The molecule has 0 aromatic rings. The summed E-state index contributed by atoms with van der Waals surface area (Å²) < 4.78 is 0. The largest absolute Gasteiger partial charge is 0.314 e. The molecule has 1 nitrogen and oxygen atoms in total. The van der Waals surface area contributed by atoms with Gasteiger partial charge < -0.3 is 5.32 Å². The Balaban J connectivity index is 2.07. The Kier molecular flexibility index (Phi) is 4.69. The Morgan fingerprint density at radius 2 is 1.00 bits per heavy atom. The van der Waals surface area contributed by atoms with E-state index in [0.717, 1.165) is 0 Å². The van der Waals surface area contributed by atoms with Crippen LogP contribution in [0.2, 0.25) is 0 Å². The van der Waals surface area contributed by atoms with Gasteiger partial charge in [0.2, 0.25) is 0 Å². The summed E-state index contributed by atoms with van der Waals surface area (Å²) in [5.74, 6) is 0. The summed E-state index contributed by atoms with van der Waals surface area (Å²) in [7, 11) is 2.29. The Morgan fingerprint density at radius 3 is 1.48 bits per heavy atom. The Hall–Kier alpha value is -0.0400. The van der Waals surface area contributed by atoms with Crippen LogP contribution in [0.1, 0.15) is 103 Å². The molecule has 3 saturated carbocycles. The highest BCUT2D eigenvalue weighted by molar-refractivity contribution is 5.13. The second-order valence-electron chi connectivity index (χ2n) is 8.66. The molecule has 1 spiro atoms. The van der Waals surface area contributed by atoms with E-state index in [-0.39, 0.29) is 0 Å². The second-order valence-corrected chi connectivity index (χ2v) is 8.66. The molecule has 0 unspecified atom stereocenters. The van der Waals surface area contributed by atoms with Crippen LogP contribution in [-0.4, -0.2) is 12.6 Å². The summed E-state index contributed by atoms with van der Waals surface area (Å²) in [4.78, 5) is 0. The van der Waals surface area contributed by atoms with Gasteiger partial charge >= 0.3 is 0 Å². The number of nitrogens with one attached hydrogen (secondary N) is 1. The van der Waals surface area contributed by atoms with Crippen molar-refractivity contribution in [1.29, 1.82) is 0 Å². The second kappa shape index (κ2) is 6.22. The van der Waals surface area contributed by atoms with Crippen molar-refractivity contribution in [3.63, 3.8) is 0 Å². The molecular weight excluding hydrogens is 254 g/mol. The fourth-order valence-electron chi connectivity index (χ4n) is 6.75. The van der Waals surface area contributed by atoms with Crippen molar-refractivity contribution >= 4 is 0 Å². The molecule has 0 atom stereocenters. The maximum absolute atomic E-state index is 3.97. The summed E-state index contributed by atoms with van der Waals surface area (Å²) in [6.45, 7) is 2.70. The molecule has 3 rings (SSSR count). The van der Waals surface area contributed by atoms with Crippen LogP contribution in [0.3, 0.4) is 0 Å². The topological polar surface area (TPSA) is 12.0 Å². The highest BCUT2D eigenvalue weighted by Gasteiger charge is 2.59. The summed E-state index contributed by atoms with van der Waals surface area (Å²) in [5.41, 5.74) is 1.63. The Bertz CT molecular complexity index is 326. The highest BCUT2D eigenvalue weighted by atomic mass is 15.0. The van der Waals surface area contributed by atoms with Crippen molar-refractivity contribution in [2.75, 3.05) is 7.05 Å². The van der Waals surface area contributed by atoms with Crippen LogP contribution < -0.4 is 5.32 Å². The first-order chi connectivity index (χ1) is 10.2. The molecule has 21 heavy (non-hydrogen) atoms. The van der Waals surface area contributed by atoms with Crippen LogP contribution in [0.5, 0.6) is 0 Å². The predicted molar refractivity (Wildman–Crippen MR) is 91.6 cm³/mol. The van der Waals surface area contributed by atoms with E-state index in [1.807, 2.05) is 0 Å². The summed E-state index contributed by atoms with van der Waals surface area (Å²) in [6.07, 6.45) is 22.2. The maximum atomic E-state index is 3.97. The van der Waals surface area contributed by atoms with Gasteiger partial charge in [-0.1, -0.05) is 64.7 Å². The van der Waals surface area contributed by atoms with Gasteiger partial charge in [-0.2, -0.15) is 0 Å². The first-order valence-electron chi connectivity index (χ1n) is 9.87. The van der Waals surface area contributed by atoms with Gasteiger partial charge in [0.15, 0.2) is 0 Å². The van der Waals surface area contributed by atoms with E-state index in [2.05, 4.69) is 19.3 Å². The molecule has 0 aliphatic heterocycles. The van der Waals surface area contributed by atoms with E-state index >= 15 is 0 Å². The highest BCUT2D eigenvalue weighted by Crippen LogP contribution is 2.64. The Labute approximate surface area is 132 Å². The van der Waals surface area contributed by atoms with Crippen LogP contribution in [0, 0.1) is 10.8 Å². The minimum Gasteiger partial charge on any atom is -0.314 e. The molecule has 0 saturated heterocycles. The van der Waals surface area contributed by atoms with Gasteiger partial charge in [0, 0.05) is 5.54 Å². The molecule has 0 radical (unpaired) electrons. The molecule has 122 valence electrons. The first kappa shape index (κ1) is 15.8. The third kappa shape index (κ3) is 2.48. The zero-order chi connectivity index (χ0) is 14.8. The van der Waals surface area contributed by atoms with Crippen molar-refractivity contribution in [2.24, 2.45) is 10.8 Å². The van der Waals surface area contributed by atoms with Crippen LogP contribution in [0.4, 0.5) is 0 Å². The van der Waals surface area contributed by atoms with Crippen LogP contribution in [-0.2, 0) is 0 Å². The van der Waals surface area contributed by atoms with E-state index < -0.39 is 0 Å². The van der Waals surface area contributed by atoms with Gasteiger partial charge in [0.25, 0.3) is 0 Å². The molecule has 1 heteroatoms. The Morgan fingerprint density at radius 1 is 0.571 bits per heavy atom. The number of hydrogen-bond acceptors (Lipinski definition) is 1. The standard InChI is InChI=1S/C20H37N/c1-18-12-6-3-10-16-20(21-2,17-11-4-7-13-18)19(18)14-8-5-9-15-19/h21H,3-17H2,1-2H3. The lowest BCUT2D eigenvalue weighted by molar-refractivity contribution is -0.107. The van der Waals surface area contributed by atoms with Crippen molar-refractivity contribution < 1.29 is 0 Å². The molecule has 1 N–H and O–H groups in total. The summed E-state index contributed by atoms with van der Waals surface area (Å²) in [5, 5.41) is 3.97. The lowest BCUT2D eigenvalue weighted by atomic mass is 9.44. The van der Waals surface area contributed by atoms with Crippen molar-refractivity contribution in [2.45, 2.75) is 109 Å². The van der Waals surface area contributed by atoms with Gasteiger partial charge in [-0.05, 0) is 56.4 Å². The lowest BCUT2D eigenvalue weighted by Gasteiger charge is -2.64. The maximum Gasteiger partial charge on any atom is 0.0239 e. The normalized spacial score (nSPS) is 40.9. The van der Waals surface area contributed by atoms with E-state index in [4.69, 9.17) is 0 Å². The van der Waals surface area contributed by atoms with Crippen LogP contribution >= 0.6 is 0 Å². The fourth-order valence-corrected chi connectivity index (χ4v) is 6.75. The molecule has 2 bridgehead atoms. The average Bonchev–Trinajstić information content (AvgIpc) is 2.50. The molecule has 0 amide bonds. The van der Waals surface area contributed by atoms with E-state index in [1.54, 1.807) is 0 Å². The van der Waals surface area contributed by atoms with Crippen molar-refractivity contribution in [3.05, 3.63) is 0 Å². The summed E-state index contributed by atoms with van der Waals surface area (Å²) >= 11 is 0. The molecule has 3 aliphatic carbocycles. The average molecular weight is 292 g/mol. The smallest absolute Gasteiger partial charge is 0.0239 e. The van der Waals surface area contributed by atoms with Gasteiger partial charge in [-0.25, -0.2) is 0 Å². The van der Waals surface area contributed by atoms with Crippen LogP contribution in [0.15, 0.2) is 0 Å². The van der Waals surface area contributed by atoms with Gasteiger partial charge in [0.1, 0.15) is 0 Å². The van der Waals surface area contributed by atoms with Gasteiger partial charge in [-0.15, -0.1) is 0 Å². The fraction of sp³-hybridized carbons (Fsp3) is 1.00. The van der Waals surface area contributed by atoms with Gasteiger partial charge in [0.05, 0.1) is 0 Å². The molecule has 0 aromatic heterocycles. The SMILES string of the molecule is CNC12CCCCCC(C)(CCCCC1)C21CCCCC1.